The van der Waals surface area contributed by atoms with Crippen molar-refractivity contribution in [2.75, 3.05) is 33.3 Å². The summed E-state index contributed by atoms with van der Waals surface area (Å²) in [6.07, 6.45) is 0.958. The second kappa shape index (κ2) is 8.74. The van der Waals surface area contributed by atoms with Gasteiger partial charge in [0.15, 0.2) is 0 Å². The summed E-state index contributed by atoms with van der Waals surface area (Å²) < 4.78 is 32.3. The molecule has 0 spiro atoms. The molecular weight excluding hydrogens is 374 g/mol. The summed E-state index contributed by atoms with van der Waals surface area (Å²) in [6.45, 7) is 3.85. The summed E-state index contributed by atoms with van der Waals surface area (Å²) in [5, 5.41) is 9.68. The van der Waals surface area contributed by atoms with Crippen LogP contribution in [0.5, 0.6) is 5.75 Å². The molecule has 6 nitrogen and oxygen atoms in total. The number of hydrogen-bond donors (Lipinski definition) is 0. The van der Waals surface area contributed by atoms with E-state index in [2.05, 4.69) is 13.0 Å². The second-order valence-electron chi connectivity index (χ2n) is 6.74. The SMILES string of the molecule is CCc1ccc(C(C#N)N2CCN(S(=O)(=O)c3ccc(OC)cc3)CC2)cc1. The normalized spacial score (nSPS) is 17.0. The maximum Gasteiger partial charge on any atom is 0.243 e. The van der Waals surface area contributed by atoms with Crippen LogP contribution in [-0.4, -0.2) is 50.9 Å². The van der Waals surface area contributed by atoms with E-state index >= 15 is 0 Å². The Balaban J connectivity index is 1.69. The van der Waals surface area contributed by atoms with Crippen LogP contribution in [0.4, 0.5) is 0 Å². The Hall–Kier alpha value is -2.40. The molecule has 0 radical (unpaired) electrons. The van der Waals surface area contributed by atoms with E-state index in [0.29, 0.717) is 31.9 Å². The van der Waals surface area contributed by atoms with E-state index in [9.17, 15) is 13.7 Å². The van der Waals surface area contributed by atoms with Crippen LogP contribution in [0.15, 0.2) is 53.4 Å². The van der Waals surface area contributed by atoms with Crippen molar-refractivity contribution in [1.29, 1.82) is 5.26 Å². The van der Waals surface area contributed by atoms with E-state index in [-0.39, 0.29) is 10.9 Å². The smallest absolute Gasteiger partial charge is 0.243 e. The molecule has 7 heteroatoms. The molecule has 0 saturated carbocycles. The van der Waals surface area contributed by atoms with Gasteiger partial charge >= 0.3 is 0 Å². The molecule has 1 atom stereocenters. The number of rotatable bonds is 6. The van der Waals surface area contributed by atoms with Crippen LogP contribution in [0.25, 0.3) is 0 Å². The van der Waals surface area contributed by atoms with Crippen molar-refractivity contribution in [1.82, 2.24) is 9.21 Å². The summed E-state index contributed by atoms with van der Waals surface area (Å²) in [4.78, 5) is 2.30. The lowest BCUT2D eigenvalue weighted by atomic mass is 10.0. The molecule has 1 aliphatic rings. The fourth-order valence-electron chi connectivity index (χ4n) is 3.40. The van der Waals surface area contributed by atoms with Gasteiger partial charge in [-0.1, -0.05) is 31.2 Å². The minimum absolute atomic E-state index is 0.258. The van der Waals surface area contributed by atoms with Crippen LogP contribution in [0.2, 0.25) is 0 Å². The molecule has 2 aromatic rings. The van der Waals surface area contributed by atoms with Gasteiger partial charge in [-0.2, -0.15) is 9.57 Å². The van der Waals surface area contributed by atoms with E-state index in [1.807, 2.05) is 29.2 Å². The van der Waals surface area contributed by atoms with Crippen LogP contribution < -0.4 is 4.74 Å². The predicted octanol–water partition coefficient (Wildman–Crippen LogP) is 2.83. The van der Waals surface area contributed by atoms with E-state index in [4.69, 9.17) is 4.74 Å². The Morgan fingerprint density at radius 3 is 2.14 bits per heavy atom. The first-order valence-electron chi connectivity index (χ1n) is 9.36. The molecule has 28 heavy (non-hydrogen) atoms. The fraction of sp³-hybridized carbons (Fsp3) is 0.381. The van der Waals surface area contributed by atoms with E-state index < -0.39 is 10.0 Å². The fourth-order valence-corrected chi connectivity index (χ4v) is 4.82. The summed E-state index contributed by atoms with van der Waals surface area (Å²) >= 11 is 0. The Kier molecular flexibility index (Phi) is 6.35. The number of sulfonamides is 1. The summed E-state index contributed by atoms with van der Waals surface area (Å²) in [7, 11) is -2.00. The lowest BCUT2D eigenvalue weighted by Crippen LogP contribution is -2.49. The van der Waals surface area contributed by atoms with Crippen molar-refractivity contribution in [2.24, 2.45) is 0 Å². The van der Waals surface area contributed by atoms with Crippen LogP contribution in [0, 0.1) is 11.3 Å². The number of aryl methyl sites for hydroxylation is 1. The molecule has 1 fully saturated rings. The minimum Gasteiger partial charge on any atom is -0.497 e. The first-order chi connectivity index (χ1) is 13.5. The van der Waals surface area contributed by atoms with Crippen molar-refractivity contribution in [3.63, 3.8) is 0 Å². The molecule has 1 saturated heterocycles. The predicted molar refractivity (Wildman–Crippen MR) is 107 cm³/mol. The Bertz CT molecular complexity index is 926. The zero-order chi connectivity index (χ0) is 20.1. The summed E-state index contributed by atoms with van der Waals surface area (Å²) in [5.41, 5.74) is 2.18. The highest BCUT2D eigenvalue weighted by molar-refractivity contribution is 7.89. The first kappa shape index (κ1) is 20.3. The van der Waals surface area contributed by atoms with E-state index in [0.717, 1.165) is 12.0 Å². The maximum atomic E-state index is 12.9. The highest BCUT2D eigenvalue weighted by Crippen LogP contribution is 2.25. The van der Waals surface area contributed by atoms with Crippen LogP contribution in [0.1, 0.15) is 24.1 Å². The van der Waals surface area contributed by atoms with Gasteiger partial charge in [0.05, 0.1) is 18.1 Å². The molecule has 0 bridgehead atoms. The van der Waals surface area contributed by atoms with Crippen molar-refractivity contribution in [3.8, 4) is 11.8 Å². The Morgan fingerprint density at radius 2 is 1.64 bits per heavy atom. The third-order valence-corrected chi connectivity index (χ3v) is 7.07. The monoisotopic (exact) mass is 399 g/mol. The highest BCUT2D eigenvalue weighted by atomic mass is 32.2. The molecule has 1 heterocycles. The van der Waals surface area contributed by atoms with Gasteiger partial charge in [-0.15, -0.1) is 0 Å². The molecule has 0 amide bonds. The van der Waals surface area contributed by atoms with Gasteiger partial charge < -0.3 is 4.74 Å². The highest BCUT2D eigenvalue weighted by Gasteiger charge is 2.31. The summed E-state index contributed by atoms with van der Waals surface area (Å²) in [5.74, 6) is 0.620. The van der Waals surface area contributed by atoms with E-state index in [1.54, 1.807) is 31.4 Å². The molecule has 1 unspecified atom stereocenters. The zero-order valence-electron chi connectivity index (χ0n) is 16.2. The molecule has 3 rings (SSSR count). The third-order valence-electron chi connectivity index (χ3n) is 5.16. The average molecular weight is 400 g/mol. The number of nitriles is 1. The molecule has 2 aromatic carbocycles. The number of hydrogen-bond acceptors (Lipinski definition) is 5. The Morgan fingerprint density at radius 1 is 1.04 bits per heavy atom. The van der Waals surface area contributed by atoms with Gasteiger partial charge in [-0.3, -0.25) is 4.90 Å². The van der Waals surface area contributed by atoms with Gasteiger partial charge in [0, 0.05) is 26.2 Å². The molecular formula is C21H25N3O3S. The van der Waals surface area contributed by atoms with Gasteiger partial charge in [-0.25, -0.2) is 8.42 Å². The van der Waals surface area contributed by atoms with Gasteiger partial charge in [-0.05, 0) is 41.8 Å². The number of nitrogens with zero attached hydrogens (tertiary/aromatic N) is 3. The van der Waals surface area contributed by atoms with Crippen molar-refractivity contribution in [2.45, 2.75) is 24.3 Å². The molecule has 0 N–H and O–H groups in total. The standard InChI is InChI=1S/C21H25N3O3S/c1-3-17-4-6-18(7-5-17)21(16-22)23-12-14-24(15-13-23)28(25,26)20-10-8-19(27-2)9-11-20/h4-11,21H,3,12-15H2,1-2H3. The quantitative estimate of drug-likeness (QED) is 0.747. The Labute approximate surface area is 167 Å². The topological polar surface area (TPSA) is 73.6 Å². The summed E-state index contributed by atoms with van der Waals surface area (Å²) in [6, 6.07) is 16.5. The lowest BCUT2D eigenvalue weighted by Gasteiger charge is -2.36. The third kappa shape index (κ3) is 4.20. The van der Waals surface area contributed by atoms with Crippen molar-refractivity contribution in [3.05, 3.63) is 59.7 Å². The minimum atomic E-state index is -3.55. The first-order valence-corrected chi connectivity index (χ1v) is 10.8. The molecule has 1 aliphatic heterocycles. The van der Waals surface area contributed by atoms with Crippen LogP contribution in [-0.2, 0) is 16.4 Å². The van der Waals surface area contributed by atoms with Crippen LogP contribution >= 0.6 is 0 Å². The molecule has 148 valence electrons. The van der Waals surface area contributed by atoms with E-state index in [1.165, 1.54) is 9.87 Å². The number of ether oxygens (including phenoxy) is 1. The second-order valence-corrected chi connectivity index (χ2v) is 8.68. The number of piperazine rings is 1. The maximum absolute atomic E-state index is 12.9. The van der Waals surface area contributed by atoms with Gasteiger partial charge in [0.2, 0.25) is 10.0 Å². The van der Waals surface area contributed by atoms with Gasteiger partial charge in [0.25, 0.3) is 0 Å². The number of methoxy groups -OCH3 is 1. The lowest BCUT2D eigenvalue weighted by molar-refractivity contribution is 0.162. The zero-order valence-corrected chi connectivity index (χ0v) is 17.0. The van der Waals surface area contributed by atoms with Crippen molar-refractivity contribution >= 4 is 10.0 Å². The van der Waals surface area contributed by atoms with Crippen LogP contribution in [0.3, 0.4) is 0 Å². The molecule has 0 aromatic heterocycles. The van der Waals surface area contributed by atoms with Crippen molar-refractivity contribution < 1.29 is 13.2 Å². The number of benzene rings is 2. The average Bonchev–Trinajstić information content (AvgIpc) is 2.75. The largest absolute Gasteiger partial charge is 0.497 e. The van der Waals surface area contributed by atoms with Gasteiger partial charge in [0.1, 0.15) is 11.8 Å². The molecule has 0 aliphatic carbocycles.